The molecule has 2 heterocycles. The van der Waals surface area contributed by atoms with E-state index in [1.165, 1.54) is 0 Å². The molecule has 0 bridgehead atoms. The first kappa shape index (κ1) is 15.5. The second-order valence-corrected chi connectivity index (χ2v) is 5.22. The molecular formula is C17H17N5O2. The Morgan fingerprint density at radius 1 is 1.17 bits per heavy atom. The smallest absolute Gasteiger partial charge is 0.267 e. The second-order valence-electron chi connectivity index (χ2n) is 5.22. The Balaban J connectivity index is 1.55. The Hall–Kier alpha value is -3.35. The van der Waals surface area contributed by atoms with Gasteiger partial charge in [-0.2, -0.15) is 5.10 Å². The van der Waals surface area contributed by atoms with Crippen LogP contribution < -0.4 is 10.6 Å². The largest absolute Gasteiger partial charge is 0.357 e. The molecule has 24 heavy (non-hydrogen) atoms. The van der Waals surface area contributed by atoms with Crippen molar-refractivity contribution in [3.8, 4) is 0 Å². The minimum Gasteiger partial charge on any atom is -0.357 e. The van der Waals surface area contributed by atoms with Crippen molar-refractivity contribution in [3.05, 3.63) is 72.3 Å². The molecular weight excluding hydrogens is 306 g/mol. The van der Waals surface area contributed by atoms with E-state index in [0.29, 0.717) is 17.9 Å². The molecule has 122 valence electrons. The number of rotatable bonds is 6. The fourth-order valence-electron chi connectivity index (χ4n) is 2.25. The van der Waals surface area contributed by atoms with E-state index in [0.717, 1.165) is 5.56 Å². The van der Waals surface area contributed by atoms with Crippen LogP contribution in [0.25, 0.3) is 0 Å². The molecule has 1 aromatic carbocycles. The first-order valence-electron chi connectivity index (χ1n) is 7.48. The Bertz CT molecular complexity index is 809. The maximum absolute atomic E-state index is 12.0. The molecule has 3 aromatic rings. The fraction of sp³-hybridized carbons (Fsp3) is 0.118. The number of nitrogens with zero attached hydrogens (tertiary/aromatic N) is 2. The summed E-state index contributed by atoms with van der Waals surface area (Å²) in [6, 6.07) is 12.6. The lowest BCUT2D eigenvalue weighted by Crippen LogP contribution is -2.23. The molecule has 3 rings (SSSR count). The molecule has 7 heteroatoms. The van der Waals surface area contributed by atoms with E-state index in [9.17, 15) is 9.59 Å². The van der Waals surface area contributed by atoms with Crippen LogP contribution in [0.4, 0.5) is 5.69 Å². The highest BCUT2D eigenvalue weighted by Crippen LogP contribution is 2.11. The molecule has 0 unspecified atom stereocenters. The van der Waals surface area contributed by atoms with Gasteiger partial charge in [-0.15, -0.1) is 0 Å². The van der Waals surface area contributed by atoms with Crippen LogP contribution >= 0.6 is 0 Å². The van der Waals surface area contributed by atoms with Gasteiger partial charge in [-0.05, 0) is 35.9 Å². The van der Waals surface area contributed by atoms with Gasteiger partial charge >= 0.3 is 0 Å². The van der Waals surface area contributed by atoms with Crippen molar-refractivity contribution in [2.24, 2.45) is 0 Å². The van der Waals surface area contributed by atoms with Crippen LogP contribution in [0.5, 0.6) is 0 Å². The van der Waals surface area contributed by atoms with E-state index in [-0.39, 0.29) is 18.4 Å². The summed E-state index contributed by atoms with van der Waals surface area (Å²) in [6.45, 7) is 0.529. The summed E-state index contributed by atoms with van der Waals surface area (Å²) >= 11 is 0. The van der Waals surface area contributed by atoms with Crippen LogP contribution in [-0.2, 0) is 17.9 Å². The average Bonchev–Trinajstić information content (AvgIpc) is 3.26. The van der Waals surface area contributed by atoms with Crippen molar-refractivity contribution in [2.75, 3.05) is 5.32 Å². The van der Waals surface area contributed by atoms with Crippen LogP contribution in [0.15, 0.2) is 61.1 Å². The maximum atomic E-state index is 12.0. The van der Waals surface area contributed by atoms with Gasteiger partial charge < -0.3 is 15.6 Å². The van der Waals surface area contributed by atoms with Gasteiger partial charge in [0.2, 0.25) is 5.91 Å². The molecule has 2 amide bonds. The van der Waals surface area contributed by atoms with E-state index in [4.69, 9.17) is 0 Å². The third kappa shape index (κ3) is 4.10. The highest BCUT2D eigenvalue weighted by atomic mass is 16.2. The first-order chi connectivity index (χ1) is 11.7. The van der Waals surface area contributed by atoms with Gasteiger partial charge in [-0.3, -0.25) is 14.3 Å². The van der Waals surface area contributed by atoms with Gasteiger partial charge in [0.05, 0.1) is 0 Å². The van der Waals surface area contributed by atoms with Crippen molar-refractivity contribution in [2.45, 2.75) is 13.1 Å². The Kier molecular flexibility index (Phi) is 4.71. The third-order valence-corrected chi connectivity index (χ3v) is 3.37. The van der Waals surface area contributed by atoms with Gasteiger partial charge in [0.25, 0.3) is 5.91 Å². The number of anilines is 1. The number of hydrogen-bond acceptors (Lipinski definition) is 3. The Labute approximate surface area is 138 Å². The summed E-state index contributed by atoms with van der Waals surface area (Å²) in [5.74, 6) is -0.334. The zero-order valence-corrected chi connectivity index (χ0v) is 12.9. The lowest BCUT2D eigenvalue weighted by molar-refractivity contribution is -0.116. The predicted molar refractivity (Wildman–Crippen MR) is 89.3 cm³/mol. The number of H-pyrrole nitrogens is 1. The second kappa shape index (κ2) is 7.28. The zero-order chi connectivity index (χ0) is 16.8. The molecule has 3 N–H and O–H groups in total. The monoisotopic (exact) mass is 323 g/mol. The van der Waals surface area contributed by atoms with Crippen molar-refractivity contribution in [1.29, 1.82) is 0 Å². The molecule has 0 atom stereocenters. The van der Waals surface area contributed by atoms with Gasteiger partial charge in [-0.25, -0.2) is 0 Å². The molecule has 0 aliphatic rings. The van der Waals surface area contributed by atoms with E-state index >= 15 is 0 Å². The molecule has 0 spiro atoms. The minimum atomic E-state index is -0.173. The molecule has 0 aliphatic carbocycles. The topological polar surface area (TPSA) is 91.8 Å². The first-order valence-corrected chi connectivity index (χ1v) is 7.48. The Morgan fingerprint density at radius 2 is 2.08 bits per heavy atom. The van der Waals surface area contributed by atoms with E-state index in [2.05, 4.69) is 20.7 Å². The van der Waals surface area contributed by atoms with Crippen molar-refractivity contribution >= 4 is 17.5 Å². The summed E-state index contributed by atoms with van der Waals surface area (Å²) in [4.78, 5) is 26.7. The molecule has 7 nitrogen and oxygen atoms in total. The number of aromatic nitrogens is 3. The molecule has 0 saturated carbocycles. The fourth-order valence-corrected chi connectivity index (χ4v) is 2.25. The van der Waals surface area contributed by atoms with Gasteiger partial charge in [0.15, 0.2) is 0 Å². The van der Waals surface area contributed by atoms with Crippen LogP contribution in [0.2, 0.25) is 0 Å². The SMILES string of the molecule is O=C(Cn1cccn1)Nc1cccc(CNC(=O)c2ccc[nH]2)c1. The van der Waals surface area contributed by atoms with Crippen molar-refractivity contribution < 1.29 is 9.59 Å². The molecule has 0 saturated heterocycles. The molecule has 0 fully saturated rings. The van der Waals surface area contributed by atoms with Gasteiger partial charge in [-0.1, -0.05) is 12.1 Å². The zero-order valence-electron chi connectivity index (χ0n) is 12.9. The number of carbonyl (C=O) groups is 2. The number of benzene rings is 1. The highest BCUT2D eigenvalue weighted by Gasteiger charge is 2.07. The summed E-state index contributed by atoms with van der Waals surface area (Å²) in [5, 5.41) is 9.63. The molecule has 0 radical (unpaired) electrons. The predicted octanol–water partition coefficient (Wildman–Crippen LogP) is 1.78. The Morgan fingerprint density at radius 3 is 2.83 bits per heavy atom. The maximum Gasteiger partial charge on any atom is 0.267 e. The van der Waals surface area contributed by atoms with Crippen molar-refractivity contribution in [3.63, 3.8) is 0 Å². The number of hydrogen-bond donors (Lipinski definition) is 3. The van der Waals surface area contributed by atoms with Crippen LogP contribution in [0.1, 0.15) is 16.1 Å². The van der Waals surface area contributed by atoms with Crippen LogP contribution in [-0.4, -0.2) is 26.6 Å². The summed E-state index contributed by atoms with van der Waals surface area (Å²) in [7, 11) is 0. The number of nitrogens with one attached hydrogen (secondary N) is 3. The van der Waals surface area contributed by atoms with E-state index in [1.807, 2.05) is 18.2 Å². The number of aromatic amines is 1. The lowest BCUT2D eigenvalue weighted by Gasteiger charge is -2.08. The quantitative estimate of drug-likeness (QED) is 0.645. The van der Waals surface area contributed by atoms with Gasteiger partial charge in [0.1, 0.15) is 12.2 Å². The molecule has 0 aliphatic heterocycles. The minimum absolute atomic E-state index is 0.154. The third-order valence-electron chi connectivity index (χ3n) is 3.37. The molecule has 2 aromatic heterocycles. The average molecular weight is 323 g/mol. The van der Waals surface area contributed by atoms with Crippen molar-refractivity contribution in [1.82, 2.24) is 20.1 Å². The lowest BCUT2D eigenvalue weighted by atomic mass is 10.2. The highest BCUT2D eigenvalue weighted by molar-refractivity contribution is 5.92. The summed E-state index contributed by atoms with van der Waals surface area (Å²) < 4.78 is 1.55. The summed E-state index contributed by atoms with van der Waals surface area (Å²) in [6.07, 6.45) is 5.05. The summed E-state index contributed by atoms with van der Waals surface area (Å²) in [5.41, 5.74) is 2.09. The number of amides is 2. The van der Waals surface area contributed by atoms with E-state index < -0.39 is 0 Å². The van der Waals surface area contributed by atoms with E-state index in [1.54, 1.807) is 47.5 Å². The van der Waals surface area contributed by atoms with Crippen LogP contribution in [0, 0.1) is 0 Å². The normalized spacial score (nSPS) is 10.3. The van der Waals surface area contributed by atoms with Crippen LogP contribution in [0.3, 0.4) is 0 Å². The van der Waals surface area contributed by atoms with Gasteiger partial charge in [0, 0.05) is 30.8 Å². The number of carbonyl (C=O) groups excluding carboxylic acids is 2. The standard InChI is InChI=1S/C17H17N5O2/c23-16(12-22-9-3-8-20-22)21-14-5-1-4-13(10-14)11-19-17(24)15-6-2-7-18-15/h1-10,18H,11-12H2,(H,19,24)(H,21,23).